The predicted molar refractivity (Wildman–Crippen MR) is 72.6 cm³/mol. The van der Waals surface area contributed by atoms with Gasteiger partial charge in [0.1, 0.15) is 5.82 Å². The van der Waals surface area contributed by atoms with Crippen molar-refractivity contribution in [2.75, 3.05) is 0 Å². The van der Waals surface area contributed by atoms with Gasteiger partial charge in [-0.1, -0.05) is 17.7 Å². The fraction of sp³-hybridized carbons (Fsp3) is 0.154. The zero-order valence-corrected chi connectivity index (χ0v) is 11.2. The Hall–Kier alpha value is -2.21. The third-order valence-electron chi connectivity index (χ3n) is 2.89. The summed E-state index contributed by atoms with van der Waals surface area (Å²) in [6.45, 7) is 1.31. The smallest absolute Gasteiger partial charge is 0.288 e. The second-order valence-corrected chi connectivity index (χ2v) is 4.67. The highest BCUT2D eigenvalue weighted by Crippen LogP contribution is 2.21. The van der Waals surface area contributed by atoms with Crippen LogP contribution < -0.4 is 5.56 Å². The molecular weight excluding hydrogens is 287 g/mol. The fourth-order valence-corrected chi connectivity index (χ4v) is 2.05. The predicted octanol–water partition coefficient (Wildman–Crippen LogP) is 2.91. The van der Waals surface area contributed by atoms with Crippen LogP contribution in [-0.4, -0.2) is 9.49 Å². The van der Waals surface area contributed by atoms with Crippen LogP contribution in [0.4, 0.5) is 10.1 Å². The van der Waals surface area contributed by atoms with Crippen molar-refractivity contribution in [3.63, 3.8) is 0 Å². The van der Waals surface area contributed by atoms with Crippen molar-refractivity contribution < 1.29 is 9.31 Å². The Morgan fingerprint density at radius 3 is 2.75 bits per heavy atom. The van der Waals surface area contributed by atoms with Crippen molar-refractivity contribution in [1.29, 1.82) is 0 Å². The molecule has 0 bridgehead atoms. The van der Waals surface area contributed by atoms with Crippen molar-refractivity contribution in [2.24, 2.45) is 0 Å². The lowest BCUT2D eigenvalue weighted by atomic mass is 10.2. The highest BCUT2D eigenvalue weighted by Gasteiger charge is 2.15. The number of nitro groups is 1. The summed E-state index contributed by atoms with van der Waals surface area (Å²) in [4.78, 5) is 22.1. The molecule has 0 aliphatic rings. The molecule has 0 unspecified atom stereocenters. The second-order valence-electron chi connectivity index (χ2n) is 4.27. The lowest BCUT2D eigenvalue weighted by Crippen LogP contribution is -2.21. The average Bonchev–Trinajstić information content (AvgIpc) is 2.35. The van der Waals surface area contributed by atoms with Gasteiger partial charge in [-0.25, -0.2) is 4.39 Å². The third kappa shape index (κ3) is 2.70. The molecule has 2 aromatic rings. The van der Waals surface area contributed by atoms with Gasteiger partial charge < -0.3 is 4.57 Å². The molecule has 0 N–H and O–H groups in total. The maximum atomic E-state index is 13.7. The second kappa shape index (κ2) is 5.42. The molecule has 0 fully saturated rings. The molecule has 0 atom stereocenters. The Bertz CT molecular complexity index is 723. The van der Waals surface area contributed by atoms with Crippen LogP contribution in [0.1, 0.15) is 11.1 Å². The molecule has 0 aliphatic heterocycles. The summed E-state index contributed by atoms with van der Waals surface area (Å²) in [6, 6.07) is 5.30. The molecule has 5 nitrogen and oxygen atoms in total. The summed E-state index contributed by atoms with van der Waals surface area (Å²) in [7, 11) is 0. The molecule has 104 valence electrons. The molecule has 7 heteroatoms. The van der Waals surface area contributed by atoms with Gasteiger partial charge in [0.15, 0.2) is 0 Å². The van der Waals surface area contributed by atoms with Crippen molar-refractivity contribution in [3.8, 4) is 0 Å². The maximum absolute atomic E-state index is 13.7. The molecule has 2 rings (SSSR count). The van der Waals surface area contributed by atoms with Gasteiger partial charge in [-0.2, -0.15) is 0 Å². The molecule has 0 saturated carbocycles. The first-order valence-corrected chi connectivity index (χ1v) is 6.06. The van der Waals surface area contributed by atoms with E-state index in [1.54, 1.807) is 0 Å². The maximum Gasteiger partial charge on any atom is 0.288 e. The van der Waals surface area contributed by atoms with Gasteiger partial charge in [0.2, 0.25) is 0 Å². The molecule has 0 amide bonds. The minimum atomic E-state index is -0.589. The first kappa shape index (κ1) is 14.2. The zero-order valence-electron chi connectivity index (χ0n) is 10.5. The highest BCUT2D eigenvalue weighted by molar-refractivity contribution is 6.31. The Balaban J connectivity index is 2.52. The van der Waals surface area contributed by atoms with E-state index in [-0.39, 0.29) is 28.4 Å². The SMILES string of the molecule is Cc1cc(=O)n(Cc2c(F)cccc2Cl)cc1[N+](=O)[O-]. The summed E-state index contributed by atoms with van der Waals surface area (Å²) in [5, 5.41) is 11.0. The minimum Gasteiger partial charge on any atom is -0.304 e. The standard InChI is InChI=1S/C13H10ClFN2O3/c1-8-5-13(18)16(7-12(8)17(19)20)6-9-10(14)3-2-4-11(9)15/h2-5,7H,6H2,1H3. The number of aryl methyl sites for hydroxylation is 1. The molecule has 0 radical (unpaired) electrons. The summed E-state index contributed by atoms with van der Waals surface area (Å²) in [5.41, 5.74) is -0.269. The van der Waals surface area contributed by atoms with Gasteiger partial charge in [0.25, 0.3) is 11.2 Å². The number of hydrogen-bond acceptors (Lipinski definition) is 3. The van der Waals surface area contributed by atoms with E-state index in [4.69, 9.17) is 11.6 Å². The van der Waals surface area contributed by atoms with Crippen LogP contribution in [0.3, 0.4) is 0 Å². The van der Waals surface area contributed by atoms with E-state index < -0.39 is 16.3 Å². The molecule has 0 saturated heterocycles. The molecule has 1 aromatic heterocycles. The summed E-state index contributed by atoms with van der Waals surface area (Å²) >= 11 is 5.88. The van der Waals surface area contributed by atoms with Crippen LogP contribution in [0.15, 0.2) is 35.3 Å². The van der Waals surface area contributed by atoms with E-state index in [1.165, 1.54) is 25.1 Å². The normalized spacial score (nSPS) is 10.6. The van der Waals surface area contributed by atoms with Gasteiger partial charge >= 0.3 is 0 Å². The van der Waals surface area contributed by atoms with Crippen LogP contribution in [0, 0.1) is 22.9 Å². The first-order chi connectivity index (χ1) is 9.40. The fourth-order valence-electron chi connectivity index (χ4n) is 1.82. The quantitative estimate of drug-likeness (QED) is 0.646. The zero-order chi connectivity index (χ0) is 14.9. The lowest BCUT2D eigenvalue weighted by molar-refractivity contribution is -0.385. The van der Waals surface area contributed by atoms with Crippen LogP contribution >= 0.6 is 11.6 Å². The van der Waals surface area contributed by atoms with Crippen LogP contribution in [0.25, 0.3) is 0 Å². The van der Waals surface area contributed by atoms with Crippen LogP contribution in [0.2, 0.25) is 5.02 Å². The molecule has 1 heterocycles. The van der Waals surface area contributed by atoms with E-state index in [1.807, 2.05) is 0 Å². The topological polar surface area (TPSA) is 65.1 Å². The van der Waals surface area contributed by atoms with Gasteiger partial charge in [-0.15, -0.1) is 0 Å². The van der Waals surface area contributed by atoms with Gasteiger partial charge in [-0.3, -0.25) is 14.9 Å². The Labute approximate surface area is 118 Å². The average molecular weight is 297 g/mol. The molecule has 1 aromatic carbocycles. The van der Waals surface area contributed by atoms with E-state index in [2.05, 4.69) is 0 Å². The summed E-state index contributed by atoms with van der Waals surface area (Å²) in [5.74, 6) is -0.562. The molecular formula is C13H10ClFN2O3. The van der Waals surface area contributed by atoms with E-state index >= 15 is 0 Å². The first-order valence-electron chi connectivity index (χ1n) is 5.68. The molecule has 20 heavy (non-hydrogen) atoms. The minimum absolute atomic E-state index is 0.120. The molecule has 0 spiro atoms. The number of nitrogens with zero attached hydrogens (tertiary/aromatic N) is 2. The van der Waals surface area contributed by atoms with Crippen molar-refractivity contribution in [3.05, 3.63) is 72.9 Å². The third-order valence-corrected chi connectivity index (χ3v) is 3.25. The summed E-state index contributed by atoms with van der Waals surface area (Å²) in [6.07, 6.45) is 1.10. The molecule has 0 aliphatic carbocycles. The Morgan fingerprint density at radius 2 is 2.15 bits per heavy atom. The van der Waals surface area contributed by atoms with E-state index in [9.17, 15) is 19.3 Å². The Morgan fingerprint density at radius 1 is 1.45 bits per heavy atom. The number of aromatic nitrogens is 1. The highest BCUT2D eigenvalue weighted by atomic mass is 35.5. The largest absolute Gasteiger partial charge is 0.304 e. The number of hydrogen-bond donors (Lipinski definition) is 0. The Kier molecular flexibility index (Phi) is 3.85. The van der Waals surface area contributed by atoms with Crippen LogP contribution in [-0.2, 0) is 6.54 Å². The number of pyridine rings is 1. The monoisotopic (exact) mass is 296 g/mol. The van der Waals surface area contributed by atoms with Crippen LogP contribution in [0.5, 0.6) is 0 Å². The van der Waals surface area contributed by atoms with Crippen molar-refractivity contribution in [1.82, 2.24) is 4.57 Å². The van der Waals surface area contributed by atoms with Gasteiger partial charge in [0.05, 0.1) is 17.7 Å². The van der Waals surface area contributed by atoms with Gasteiger partial charge in [0, 0.05) is 22.2 Å². The van der Waals surface area contributed by atoms with E-state index in [0.29, 0.717) is 0 Å². The van der Waals surface area contributed by atoms with Gasteiger partial charge in [-0.05, 0) is 19.1 Å². The summed E-state index contributed by atoms with van der Waals surface area (Å²) < 4.78 is 14.7. The number of rotatable bonds is 3. The van der Waals surface area contributed by atoms with Crippen molar-refractivity contribution >= 4 is 17.3 Å². The number of benzene rings is 1. The number of halogens is 2. The van der Waals surface area contributed by atoms with E-state index in [0.717, 1.165) is 16.8 Å². The van der Waals surface area contributed by atoms with Crippen molar-refractivity contribution in [2.45, 2.75) is 13.5 Å². The lowest BCUT2D eigenvalue weighted by Gasteiger charge is -2.09.